The van der Waals surface area contributed by atoms with Crippen molar-refractivity contribution in [3.05, 3.63) is 78.1 Å². The van der Waals surface area contributed by atoms with E-state index >= 15 is 0 Å². The number of benzene rings is 2. The summed E-state index contributed by atoms with van der Waals surface area (Å²) < 4.78 is 0. The zero-order valence-corrected chi connectivity index (χ0v) is 16.1. The number of hydrogen-bond acceptors (Lipinski definition) is 5. The SMILES string of the molecule is CC(=O)c1ccc(Nc2cncc(C(=O)Nc3ccc(N(C)C)cc3)c2)cc1. The number of carbonyl (C=O) groups excluding carboxylic acids is 2. The van der Waals surface area contributed by atoms with Crippen molar-refractivity contribution in [3.63, 3.8) is 0 Å². The van der Waals surface area contributed by atoms with Gasteiger partial charge in [-0.3, -0.25) is 14.6 Å². The van der Waals surface area contributed by atoms with E-state index in [2.05, 4.69) is 15.6 Å². The molecular formula is C22H22N4O2. The molecule has 3 aromatic rings. The fourth-order valence-corrected chi connectivity index (χ4v) is 2.63. The summed E-state index contributed by atoms with van der Waals surface area (Å²) >= 11 is 0. The quantitative estimate of drug-likeness (QED) is 0.628. The molecule has 3 rings (SSSR count). The van der Waals surface area contributed by atoms with Gasteiger partial charge in [0.2, 0.25) is 0 Å². The average molecular weight is 374 g/mol. The number of nitrogens with one attached hydrogen (secondary N) is 2. The zero-order chi connectivity index (χ0) is 20.1. The van der Waals surface area contributed by atoms with Crippen LogP contribution in [0.1, 0.15) is 27.6 Å². The van der Waals surface area contributed by atoms with Crippen LogP contribution >= 0.6 is 0 Å². The highest BCUT2D eigenvalue weighted by atomic mass is 16.1. The minimum absolute atomic E-state index is 0.0190. The number of nitrogens with zero attached hydrogens (tertiary/aromatic N) is 2. The Kier molecular flexibility index (Phi) is 5.69. The molecule has 0 radical (unpaired) electrons. The summed E-state index contributed by atoms with van der Waals surface area (Å²) in [7, 11) is 3.93. The normalized spacial score (nSPS) is 10.2. The number of ketones is 1. The summed E-state index contributed by atoms with van der Waals surface area (Å²) in [6.07, 6.45) is 3.16. The molecule has 6 heteroatoms. The third kappa shape index (κ3) is 4.73. The van der Waals surface area contributed by atoms with Crippen LogP contribution in [0.4, 0.5) is 22.7 Å². The number of rotatable bonds is 6. The first-order valence-electron chi connectivity index (χ1n) is 8.84. The monoisotopic (exact) mass is 374 g/mol. The lowest BCUT2D eigenvalue weighted by atomic mass is 10.1. The molecule has 0 bridgehead atoms. The van der Waals surface area contributed by atoms with Crippen molar-refractivity contribution in [2.75, 3.05) is 29.6 Å². The van der Waals surface area contributed by atoms with Gasteiger partial charge in [-0.1, -0.05) is 0 Å². The molecule has 2 aromatic carbocycles. The maximum Gasteiger partial charge on any atom is 0.257 e. The molecule has 0 aliphatic rings. The van der Waals surface area contributed by atoms with Crippen LogP contribution in [0.5, 0.6) is 0 Å². The van der Waals surface area contributed by atoms with Crippen LogP contribution < -0.4 is 15.5 Å². The van der Waals surface area contributed by atoms with Crippen molar-refractivity contribution in [1.82, 2.24) is 4.98 Å². The first-order valence-corrected chi connectivity index (χ1v) is 8.84. The van der Waals surface area contributed by atoms with E-state index in [1.165, 1.54) is 13.1 Å². The third-order valence-corrected chi connectivity index (χ3v) is 4.22. The number of pyridine rings is 1. The van der Waals surface area contributed by atoms with Crippen molar-refractivity contribution >= 4 is 34.4 Å². The molecule has 6 nitrogen and oxygen atoms in total. The molecule has 0 atom stereocenters. The number of aromatic nitrogens is 1. The van der Waals surface area contributed by atoms with Gasteiger partial charge in [0.05, 0.1) is 17.4 Å². The molecule has 0 unspecified atom stereocenters. The van der Waals surface area contributed by atoms with Crippen molar-refractivity contribution in [2.24, 2.45) is 0 Å². The molecule has 28 heavy (non-hydrogen) atoms. The van der Waals surface area contributed by atoms with Crippen LogP contribution in [0, 0.1) is 0 Å². The maximum absolute atomic E-state index is 12.5. The van der Waals surface area contributed by atoms with Gasteiger partial charge < -0.3 is 15.5 Å². The van der Waals surface area contributed by atoms with Gasteiger partial charge in [0, 0.05) is 42.9 Å². The molecule has 0 aliphatic carbocycles. The van der Waals surface area contributed by atoms with Crippen LogP contribution in [-0.4, -0.2) is 30.8 Å². The average Bonchev–Trinajstić information content (AvgIpc) is 2.69. The lowest BCUT2D eigenvalue weighted by molar-refractivity contribution is 0.101. The summed E-state index contributed by atoms with van der Waals surface area (Å²) in [6, 6.07) is 16.5. The predicted molar refractivity (Wildman–Crippen MR) is 113 cm³/mol. The second-order valence-corrected chi connectivity index (χ2v) is 6.62. The van der Waals surface area contributed by atoms with Gasteiger partial charge in [0.1, 0.15) is 0 Å². The van der Waals surface area contributed by atoms with E-state index in [1.54, 1.807) is 24.4 Å². The van der Waals surface area contributed by atoms with Crippen molar-refractivity contribution in [1.29, 1.82) is 0 Å². The number of Topliss-reactive ketones (excluding diaryl/α,β-unsaturated/α-hetero) is 1. The number of anilines is 4. The molecule has 142 valence electrons. The Morgan fingerprint density at radius 2 is 1.46 bits per heavy atom. The lowest BCUT2D eigenvalue weighted by Crippen LogP contribution is -2.13. The summed E-state index contributed by atoms with van der Waals surface area (Å²) in [5.41, 5.74) is 4.37. The van der Waals surface area contributed by atoms with E-state index in [0.29, 0.717) is 22.5 Å². The number of hydrogen-bond donors (Lipinski definition) is 2. The smallest absolute Gasteiger partial charge is 0.257 e. The summed E-state index contributed by atoms with van der Waals surface area (Å²) in [4.78, 5) is 30.0. The third-order valence-electron chi connectivity index (χ3n) is 4.22. The van der Waals surface area contributed by atoms with Gasteiger partial charge in [-0.25, -0.2) is 0 Å². The van der Waals surface area contributed by atoms with Crippen molar-refractivity contribution in [2.45, 2.75) is 6.92 Å². The minimum Gasteiger partial charge on any atom is -0.378 e. The standard InChI is InChI=1S/C22H22N4O2/c1-15(27)16-4-6-18(7-5-16)24-20-12-17(13-23-14-20)22(28)25-19-8-10-21(11-9-19)26(2)3/h4-14,24H,1-3H3,(H,25,28). The van der Waals surface area contributed by atoms with E-state index in [1.807, 2.05) is 55.4 Å². The summed E-state index contributed by atoms with van der Waals surface area (Å²) in [5, 5.41) is 6.06. The minimum atomic E-state index is -0.235. The van der Waals surface area contributed by atoms with Gasteiger partial charge >= 0.3 is 0 Å². The van der Waals surface area contributed by atoms with E-state index in [-0.39, 0.29) is 11.7 Å². The second kappa shape index (κ2) is 8.35. The van der Waals surface area contributed by atoms with Gasteiger partial charge in [-0.05, 0) is 61.5 Å². The maximum atomic E-state index is 12.5. The van der Waals surface area contributed by atoms with E-state index in [9.17, 15) is 9.59 Å². The van der Waals surface area contributed by atoms with Crippen LogP contribution in [0.15, 0.2) is 67.0 Å². The first-order chi connectivity index (χ1) is 13.4. The molecule has 0 saturated heterocycles. The van der Waals surface area contributed by atoms with Gasteiger partial charge in [-0.15, -0.1) is 0 Å². The van der Waals surface area contributed by atoms with Crippen molar-refractivity contribution < 1.29 is 9.59 Å². The second-order valence-electron chi connectivity index (χ2n) is 6.62. The molecule has 2 N–H and O–H groups in total. The molecule has 1 amide bonds. The van der Waals surface area contributed by atoms with Crippen LogP contribution in [0.3, 0.4) is 0 Å². The predicted octanol–water partition coefficient (Wildman–Crippen LogP) is 4.35. The highest BCUT2D eigenvalue weighted by Gasteiger charge is 2.08. The Morgan fingerprint density at radius 1 is 0.821 bits per heavy atom. The van der Waals surface area contributed by atoms with E-state index in [4.69, 9.17) is 0 Å². The Labute approximate surface area is 164 Å². The summed E-state index contributed by atoms with van der Waals surface area (Å²) in [5.74, 6) is -0.216. The Hall–Kier alpha value is -3.67. The van der Waals surface area contributed by atoms with Gasteiger partial charge in [-0.2, -0.15) is 0 Å². The first kappa shape index (κ1) is 19.1. The Morgan fingerprint density at radius 3 is 2.07 bits per heavy atom. The largest absolute Gasteiger partial charge is 0.378 e. The fourth-order valence-electron chi connectivity index (χ4n) is 2.63. The highest BCUT2D eigenvalue weighted by molar-refractivity contribution is 6.04. The summed E-state index contributed by atoms with van der Waals surface area (Å²) in [6.45, 7) is 1.53. The molecule has 1 heterocycles. The van der Waals surface area contributed by atoms with E-state index < -0.39 is 0 Å². The van der Waals surface area contributed by atoms with E-state index in [0.717, 1.165) is 11.4 Å². The Balaban J connectivity index is 1.69. The fraction of sp³-hybridized carbons (Fsp3) is 0.136. The molecular weight excluding hydrogens is 352 g/mol. The van der Waals surface area contributed by atoms with Crippen molar-refractivity contribution in [3.8, 4) is 0 Å². The Bertz CT molecular complexity index is 980. The molecule has 0 spiro atoms. The highest BCUT2D eigenvalue weighted by Crippen LogP contribution is 2.19. The van der Waals surface area contributed by atoms with Crippen LogP contribution in [-0.2, 0) is 0 Å². The lowest BCUT2D eigenvalue weighted by Gasteiger charge is -2.13. The van der Waals surface area contributed by atoms with Gasteiger partial charge in [0.25, 0.3) is 5.91 Å². The van der Waals surface area contributed by atoms with Crippen LogP contribution in [0.25, 0.3) is 0 Å². The molecule has 0 saturated carbocycles. The topological polar surface area (TPSA) is 74.3 Å². The number of carbonyl (C=O) groups is 2. The molecule has 1 aromatic heterocycles. The number of amides is 1. The zero-order valence-electron chi connectivity index (χ0n) is 16.1. The van der Waals surface area contributed by atoms with Gasteiger partial charge in [0.15, 0.2) is 5.78 Å². The molecule has 0 fully saturated rings. The molecule has 0 aliphatic heterocycles. The van der Waals surface area contributed by atoms with Crippen LogP contribution in [0.2, 0.25) is 0 Å².